The van der Waals surface area contributed by atoms with Crippen LogP contribution in [0.5, 0.6) is 0 Å². The number of nitrogens with zero attached hydrogens (tertiary/aromatic N) is 4. The van der Waals surface area contributed by atoms with Crippen LogP contribution in [0.3, 0.4) is 0 Å². The van der Waals surface area contributed by atoms with Gasteiger partial charge < -0.3 is 9.15 Å². The summed E-state index contributed by atoms with van der Waals surface area (Å²) in [6.45, 7) is 4.30. The molecule has 1 aromatic carbocycles. The Balaban J connectivity index is 1.77. The minimum Gasteiger partial charge on any atom is -0.463 e. The largest absolute Gasteiger partial charge is 0.463 e. The molecule has 0 fully saturated rings. The molecule has 0 unspecified atom stereocenters. The average Bonchev–Trinajstić information content (AvgIpc) is 3.49. The van der Waals surface area contributed by atoms with Crippen molar-refractivity contribution in [1.82, 2.24) is 19.7 Å². The summed E-state index contributed by atoms with van der Waals surface area (Å²) in [5, 5.41) is 9.77. The molecule has 0 bridgehead atoms. The van der Waals surface area contributed by atoms with Crippen LogP contribution >= 0.6 is 11.8 Å². The monoisotopic (exact) mass is 448 g/mol. The minimum atomic E-state index is -0.493. The van der Waals surface area contributed by atoms with Gasteiger partial charge in [0.15, 0.2) is 11.0 Å². The van der Waals surface area contributed by atoms with Gasteiger partial charge in [0.25, 0.3) is 0 Å². The molecule has 0 N–H and O–H groups in total. The lowest BCUT2D eigenvalue weighted by Gasteiger charge is -2.17. The third kappa shape index (κ3) is 4.31. The number of carbonyl (C=O) groups is 1. The number of para-hydroxylation sites is 1. The molecule has 164 valence electrons. The Kier molecular flexibility index (Phi) is 6.70. The molecule has 0 radical (unpaired) electrons. The maximum Gasteiger partial charge on any atom is 0.373 e. The number of furan rings is 1. The number of benzene rings is 1. The van der Waals surface area contributed by atoms with Crippen molar-refractivity contribution in [3.8, 4) is 17.1 Å². The smallest absolute Gasteiger partial charge is 0.373 e. The van der Waals surface area contributed by atoms with E-state index in [2.05, 4.69) is 51.8 Å². The topological polar surface area (TPSA) is 83.0 Å². The Morgan fingerprint density at radius 3 is 2.50 bits per heavy atom. The molecule has 0 aliphatic rings. The van der Waals surface area contributed by atoms with E-state index >= 15 is 0 Å². The number of thioether (sulfide) groups is 1. The van der Waals surface area contributed by atoms with E-state index in [4.69, 9.17) is 9.15 Å². The second kappa shape index (κ2) is 9.82. The molecule has 3 heterocycles. The second-order valence-corrected chi connectivity index (χ2v) is 8.00. The summed E-state index contributed by atoms with van der Waals surface area (Å²) in [7, 11) is 1.33. The van der Waals surface area contributed by atoms with Crippen molar-refractivity contribution in [2.75, 3.05) is 7.11 Å². The van der Waals surface area contributed by atoms with E-state index in [1.54, 1.807) is 24.5 Å². The lowest BCUT2D eigenvalue weighted by molar-refractivity contribution is 0.0563. The quantitative estimate of drug-likeness (QED) is 0.273. The molecule has 0 amide bonds. The van der Waals surface area contributed by atoms with E-state index in [1.807, 2.05) is 12.1 Å². The van der Waals surface area contributed by atoms with Crippen LogP contribution in [0.4, 0.5) is 0 Å². The Morgan fingerprint density at radius 2 is 1.84 bits per heavy atom. The SMILES string of the molecule is CCc1cccc(CC)c1-n1c(SCc2ccc(C(=O)OC)o2)nnc1-c1cccnc1. The highest BCUT2D eigenvalue weighted by Gasteiger charge is 2.21. The van der Waals surface area contributed by atoms with Gasteiger partial charge >= 0.3 is 5.97 Å². The molecule has 8 heteroatoms. The number of pyridine rings is 1. The number of ether oxygens (including phenoxy) is 1. The van der Waals surface area contributed by atoms with E-state index in [9.17, 15) is 4.79 Å². The van der Waals surface area contributed by atoms with Crippen LogP contribution < -0.4 is 0 Å². The number of esters is 1. The Bertz CT molecular complexity index is 1190. The summed E-state index contributed by atoms with van der Waals surface area (Å²) in [6.07, 6.45) is 5.31. The number of aromatic nitrogens is 4. The number of rotatable bonds is 8. The molecule has 0 aliphatic heterocycles. The predicted molar refractivity (Wildman–Crippen MR) is 123 cm³/mol. The molecule has 32 heavy (non-hydrogen) atoms. The molecule has 0 saturated heterocycles. The molecule has 0 saturated carbocycles. The summed E-state index contributed by atoms with van der Waals surface area (Å²) >= 11 is 1.50. The van der Waals surface area contributed by atoms with Crippen molar-refractivity contribution in [1.29, 1.82) is 0 Å². The molecule has 0 spiro atoms. The third-order valence-corrected chi connectivity index (χ3v) is 6.08. The summed E-state index contributed by atoms with van der Waals surface area (Å²) in [5.41, 5.74) is 4.45. The fourth-order valence-corrected chi connectivity index (χ4v) is 4.38. The molecule has 0 atom stereocenters. The summed E-state index contributed by atoms with van der Waals surface area (Å²) in [5.74, 6) is 1.59. The van der Waals surface area contributed by atoms with Crippen molar-refractivity contribution in [3.05, 3.63) is 77.5 Å². The van der Waals surface area contributed by atoms with Crippen molar-refractivity contribution in [3.63, 3.8) is 0 Å². The minimum absolute atomic E-state index is 0.185. The van der Waals surface area contributed by atoms with Crippen molar-refractivity contribution in [2.24, 2.45) is 0 Å². The number of methoxy groups -OCH3 is 1. The molecule has 0 aliphatic carbocycles. The van der Waals surface area contributed by atoms with Crippen LogP contribution in [0, 0.1) is 0 Å². The van der Waals surface area contributed by atoms with Crippen LogP contribution in [0.15, 0.2) is 64.4 Å². The van der Waals surface area contributed by atoms with Gasteiger partial charge in [-0.3, -0.25) is 9.55 Å². The lowest BCUT2D eigenvalue weighted by Crippen LogP contribution is -2.07. The van der Waals surface area contributed by atoms with Gasteiger partial charge in [0, 0.05) is 18.0 Å². The highest BCUT2D eigenvalue weighted by molar-refractivity contribution is 7.98. The van der Waals surface area contributed by atoms with Crippen LogP contribution in [-0.2, 0) is 23.3 Å². The zero-order valence-electron chi connectivity index (χ0n) is 18.2. The first kappa shape index (κ1) is 21.8. The molecular formula is C24H24N4O3S. The van der Waals surface area contributed by atoms with E-state index < -0.39 is 5.97 Å². The third-order valence-electron chi connectivity index (χ3n) is 5.13. The first-order valence-electron chi connectivity index (χ1n) is 10.4. The van der Waals surface area contributed by atoms with Crippen molar-refractivity contribution < 1.29 is 13.9 Å². The van der Waals surface area contributed by atoms with E-state index in [-0.39, 0.29) is 5.76 Å². The average molecular weight is 449 g/mol. The van der Waals surface area contributed by atoms with Crippen LogP contribution in [0.1, 0.15) is 41.3 Å². The van der Waals surface area contributed by atoms with Gasteiger partial charge in [0.05, 0.1) is 18.6 Å². The normalized spacial score (nSPS) is 11.0. The second-order valence-electron chi connectivity index (χ2n) is 7.06. The van der Waals surface area contributed by atoms with Gasteiger partial charge in [0.1, 0.15) is 5.76 Å². The van der Waals surface area contributed by atoms with Crippen LogP contribution in [0.25, 0.3) is 17.1 Å². The van der Waals surface area contributed by atoms with Crippen molar-refractivity contribution >= 4 is 17.7 Å². The van der Waals surface area contributed by atoms with Crippen molar-refractivity contribution in [2.45, 2.75) is 37.6 Å². The van der Waals surface area contributed by atoms with E-state index in [1.165, 1.54) is 30.0 Å². The predicted octanol–water partition coefficient (Wildman–Crippen LogP) is 5.13. The number of hydrogen-bond acceptors (Lipinski definition) is 7. The lowest BCUT2D eigenvalue weighted by atomic mass is 10.0. The van der Waals surface area contributed by atoms with Crippen LogP contribution in [-0.4, -0.2) is 32.8 Å². The Hall–Kier alpha value is -3.39. The van der Waals surface area contributed by atoms with Gasteiger partial charge in [-0.15, -0.1) is 10.2 Å². The maximum atomic E-state index is 11.7. The maximum absolute atomic E-state index is 11.7. The van der Waals surface area contributed by atoms with E-state index in [0.717, 1.165) is 35.1 Å². The summed E-state index contributed by atoms with van der Waals surface area (Å²) < 4.78 is 12.5. The zero-order valence-corrected chi connectivity index (χ0v) is 19.1. The first-order valence-corrected chi connectivity index (χ1v) is 11.4. The molecule has 4 aromatic rings. The van der Waals surface area contributed by atoms with E-state index in [0.29, 0.717) is 11.5 Å². The number of aryl methyl sites for hydroxylation is 2. The highest BCUT2D eigenvalue weighted by atomic mass is 32.2. The van der Waals surface area contributed by atoms with Gasteiger partial charge in [0.2, 0.25) is 5.76 Å². The highest BCUT2D eigenvalue weighted by Crippen LogP contribution is 2.33. The van der Waals surface area contributed by atoms with Gasteiger partial charge in [-0.2, -0.15) is 0 Å². The zero-order chi connectivity index (χ0) is 22.5. The fourth-order valence-electron chi connectivity index (χ4n) is 3.55. The van der Waals surface area contributed by atoms with Crippen LogP contribution in [0.2, 0.25) is 0 Å². The Labute approximate surface area is 190 Å². The standard InChI is InChI=1S/C24H24N4O3S/c1-4-16-8-6-9-17(5-2)21(16)28-22(18-10-7-13-25-14-18)26-27-24(28)32-15-19-11-12-20(31-19)23(29)30-3/h6-14H,4-5,15H2,1-3H3. The molecule has 4 rings (SSSR count). The summed E-state index contributed by atoms with van der Waals surface area (Å²) in [6, 6.07) is 13.7. The number of hydrogen-bond donors (Lipinski definition) is 0. The first-order chi connectivity index (χ1) is 15.7. The van der Waals surface area contributed by atoms with Gasteiger partial charge in [-0.05, 0) is 48.2 Å². The van der Waals surface area contributed by atoms with Gasteiger partial charge in [-0.1, -0.05) is 43.8 Å². The molecular weight excluding hydrogens is 424 g/mol. The summed E-state index contributed by atoms with van der Waals surface area (Å²) in [4.78, 5) is 16.0. The van der Waals surface area contributed by atoms with Gasteiger partial charge in [-0.25, -0.2) is 4.79 Å². The Morgan fingerprint density at radius 1 is 1.06 bits per heavy atom. The fraction of sp³-hybridized carbons (Fsp3) is 0.250. The number of carbonyl (C=O) groups excluding carboxylic acids is 1. The molecule has 7 nitrogen and oxygen atoms in total. The molecule has 3 aromatic heterocycles.